The number of ether oxygens (including phenoxy) is 2. The minimum absolute atomic E-state index is 0. The fourth-order valence-electron chi connectivity index (χ4n) is 3.04. The third-order valence-electron chi connectivity index (χ3n) is 4.80. The number of hydrogen-bond acceptors (Lipinski definition) is 6. The molecule has 4 aromatic rings. The maximum atomic E-state index is 8.70. The van der Waals surface area contributed by atoms with Gasteiger partial charge in [0.1, 0.15) is 0 Å². The van der Waals surface area contributed by atoms with Crippen molar-refractivity contribution in [2.45, 2.75) is 19.0 Å². The maximum Gasteiger partial charge on any atom is 0.158 e. The molecule has 179 valence electrons. The Labute approximate surface area is 213 Å². The van der Waals surface area contributed by atoms with E-state index in [0.717, 1.165) is 33.8 Å². The van der Waals surface area contributed by atoms with Gasteiger partial charge in [-0.25, -0.2) is 0 Å². The molecule has 0 saturated carbocycles. The molecule has 1 radical (unpaired) electrons. The molecular weight excluding hydrogens is 609 g/mol. The molecule has 2 N–H and O–H groups in total. The van der Waals surface area contributed by atoms with Gasteiger partial charge in [-0.1, -0.05) is 60.7 Å². The van der Waals surface area contributed by atoms with E-state index >= 15 is 0 Å². The molecule has 1 heterocycles. The van der Waals surface area contributed by atoms with Crippen LogP contribution < -0.4 is 0 Å². The van der Waals surface area contributed by atoms with Crippen molar-refractivity contribution in [2.24, 2.45) is 0 Å². The van der Waals surface area contributed by atoms with Crippen LogP contribution in [0.2, 0.25) is 0 Å². The van der Waals surface area contributed by atoms with E-state index in [0.29, 0.717) is 0 Å². The third kappa shape index (κ3) is 7.92. The molecule has 0 aliphatic rings. The van der Waals surface area contributed by atoms with Gasteiger partial charge in [-0.2, -0.15) is 0 Å². The second-order valence-corrected chi connectivity index (χ2v) is 7.08. The zero-order valence-corrected chi connectivity index (χ0v) is 21.4. The Morgan fingerprint density at radius 1 is 0.765 bits per heavy atom. The van der Waals surface area contributed by atoms with E-state index in [1.807, 2.05) is 79.0 Å². The standard InChI is InChI=1S/C22H15N2.C5H12O4.Ir/c1-4-10-17(11-5-1)20-16-23-21(18-12-6-2-7-13-18)22(24-20)19-14-8-3-9-15-19;1-8-4(6)3-5(7)9-2;/h1-12,14-16H;4-7H,3H2,1-2H3;/q-1;;. The average molecular weight is 636 g/mol. The van der Waals surface area contributed by atoms with E-state index in [9.17, 15) is 0 Å². The molecule has 0 aliphatic carbocycles. The van der Waals surface area contributed by atoms with E-state index in [2.05, 4.69) is 27.7 Å². The number of rotatable bonds is 7. The van der Waals surface area contributed by atoms with E-state index < -0.39 is 12.6 Å². The van der Waals surface area contributed by atoms with Gasteiger partial charge in [0.2, 0.25) is 0 Å². The summed E-state index contributed by atoms with van der Waals surface area (Å²) in [5.41, 5.74) is 5.65. The fourth-order valence-corrected chi connectivity index (χ4v) is 3.04. The van der Waals surface area contributed by atoms with Crippen LogP contribution in [0.25, 0.3) is 33.8 Å². The van der Waals surface area contributed by atoms with E-state index in [1.54, 1.807) is 0 Å². The first-order valence-electron chi connectivity index (χ1n) is 10.5. The summed E-state index contributed by atoms with van der Waals surface area (Å²) >= 11 is 0. The summed E-state index contributed by atoms with van der Waals surface area (Å²) in [6.45, 7) is 0. The number of hydrogen-bond donors (Lipinski definition) is 2. The van der Waals surface area contributed by atoms with E-state index in [1.165, 1.54) is 14.2 Å². The molecule has 0 fully saturated rings. The van der Waals surface area contributed by atoms with Gasteiger partial charge >= 0.3 is 0 Å². The molecule has 0 spiro atoms. The van der Waals surface area contributed by atoms with Crippen LogP contribution in [0.4, 0.5) is 0 Å². The maximum absolute atomic E-state index is 8.70. The zero-order chi connectivity index (χ0) is 23.5. The smallest absolute Gasteiger partial charge is 0.158 e. The van der Waals surface area contributed by atoms with Crippen molar-refractivity contribution in [3.8, 4) is 33.8 Å². The van der Waals surface area contributed by atoms with Crippen LogP contribution in [0, 0.1) is 6.07 Å². The van der Waals surface area contributed by atoms with Gasteiger partial charge < -0.3 is 24.7 Å². The largest absolute Gasteiger partial charge is 0.368 e. The Morgan fingerprint density at radius 3 is 1.85 bits per heavy atom. The number of aliphatic hydroxyl groups is 2. The predicted octanol–water partition coefficient (Wildman–Crippen LogP) is 4.58. The molecule has 6 nitrogen and oxygen atoms in total. The molecule has 1 aromatic heterocycles. The number of methoxy groups -OCH3 is 2. The summed E-state index contributed by atoms with van der Waals surface area (Å²) in [7, 11) is 2.71. The van der Waals surface area contributed by atoms with Gasteiger partial charge in [0, 0.05) is 58.2 Å². The monoisotopic (exact) mass is 636 g/mol. The van der Waals surface area contributed by atoms with Gasteiger partial charge in [-0.3, -0.25) is 4.98 Å². The van der Waals surface area contributed by atoms with Gasteiger partial charge in [-0.05, 0) is 5.56 Å². The van der Waals surface area contributed by atoms with Crippen molar-refractivity contribution < 1.29 is 39.8 Å². The van der Waals surface area contributed by atoms with Crippen LogP contribution in [0.5, 0.6) is 0 Å². The summed E-state index contributed by atoms with van der Waals surface area (Å²) in [6.07, 6.45) is 0.0187. The molecule has 2 atom stereocenters. The Morgan fingerprint density at radius 2 is 1.32 bits per heavy atom. The van der Waals surface area contributed by atoms with Crippen molar-refractivity contribution in [3.05, 3.63) is 97.2 Å². The topological polar surface area (TPSA) is 84.7 Å². The van der Waals surface area contributed by atoms with Gasteiger partial charge in [0.25, 0.3) is 0 Å². The van der Waals surface area contributed by atoms with Crippen molar-refractivity contribution in [1.29, 1.82) is 0 Å². The summed E-state index contributed by atoms with van der Waals surface area (Å²) in [6, 6.07) is 31.4. The fraction of sp³-hybridized carbons (Fsp3) is 0.185. The Balaban J connectivity index is 0.000000352. The minimum atomic E-state index is -0.944. The summed E-state index contributed by atoms with van der Waals surface area (Å²) in [4.78, 5) is 9.61. The number of benzene rings is 3. The van der Waals surface area contributed by atoms with Gasteiger partial charge in [0.05, 0.1) is 11.4 Å². The van der Waals surface area contributed by atoms with Crippen molar-refractivity contribution in [2.75, 3.05) is 14.2 Å². The third-order valence-corrected chi connectivity index (χ3v) is 4.80. The second-order valence-electron chi connectivity index (χ2n) is 7.08. The molecule has 2 unspecified atom stereocenters. The van der Waals surface area contributed by atoms with E-state index in [-0.39, 0.29) is 26.5 Å². The first-order valence-corrected chi connectivity index (χ1v) is 10.5. The normalized spacial score (nSPS) is 12.0. The van der Waals surface area contributed by atoms with Crippen LogP contribution in [0.1, 0.15) is 6.42 Å². The quantitative estimate of drug-likeness (QED) is 0.229. The van der Waals surface area contributed by atoms with Gasteiger partial charge in [0.15, 0.2) is 12.6 Å². The Kier molecular flexibility index (Phi) is 11.7. The van der Waals surface area contributed by atoms with Crippen molar-refractivity contribution >= 4 is 0 Å². The zero-order valence-electron chi connectivity index (χ0n) is 19.0. The SMILES string of the molecule is COC(O)CC(O)OC.[Ir].[c-]1ccccc1-c1ncc(-c2ccccc2)nc1-c1ccccc1. The molecule has 7 heteroatoms. The van der Waals surface area contributed by atoms with Crippen LogP contribution in [0.3, 0.4) is 0 Å². The molecule has 0 aliphatic heterocycles. The Hall–Kier alpha value is -2.77. The molecule has 0 bridgehead atoms. The summed E-state index contributed by atoms with van der Waals surface area (Å²) < 4.78 is 8.88. The van der Waals surface area contributed by atoms with Crippen molar-refractivity contribution in [3.63, 3.8) is 0 Å². The van der Waals surface area contributed by atoms with Crippen molar-refractivity contribution in [1.82, 2.24) is 9.97 Å². The predicted molar refractivity (Wildman–Crippen MR) is 128 cm³/mol. The molecule has 4 rings (SSSR count). The molecular formula is C27H27IrN2O4-. The van der Waals surface area contributed by atoms with Crippen LogP contribution in [-0.2, 0) is 29.6 Å². The molecule has 3 aromatic carbocycles. The van der Waals surface area contributed by atoms with Crippen LogP contribution in [0.15, 0.2) is 91.1 Å². The van der Waals surface area contributed by atoms with Crippen LogP contribution >= 0.6 is 0 Å². The number of nitrogens with zero attached hydrogens (tertiary/aromatic N) is 2. The van der Waals surface area contributed by atoms with Gasteiger partial charge in [-0.15, -0.1) is 35.9 Å². The number of aromatic nitrogens is 2. The molecule has 0 amide bonds. The Bertz CT molecular complexity index is 1090. The van der Waals surface area contributed by atoms with E-state index in [4.69, 9.17) is 20.2 Å². The summed E-state index contributed by atoms with van der Waals surface area (Å²) in [5.74, 6) is 0. The second kappa shape index (κ2) is 14.5. The molecule has 0 saturated heterocycles. The van der Waals surface area contributed by atoms with Crippen LogP contribution in [-0.4, -0.2) is 47.0 Å². The summed E-state index contributed by atoms with van der Waals surface area (Å²) in [5, 5.41) is 17.4. The molecule has 34 heavy (non-hydrogen) atoms. The average Bonchev–Trinajstić information content (AvgIpc) is 2.90. The first kappa shape index (κ1) is 27.5. The first-order chi connectivity index (χ1) is 16.1. The minimum Gasteiger partial charge on any atom is -0.368 e. The number of aliphatic hydroxyl groups excluding tert-OH is 2.